The first kappa shape index (κ1) is 15.2. The molecule has 0 saturated carbocycles. The van der Waals surface area contributed by atoms with Crippen LogP contribution in [-0.2, 0) is 0 Å². The normalized spacial score (nSPS) is 12.5. The maximum absolute atomic E-state index is 13.3. The maximum Gasteiger partial charge on any atom is 0.126 e. The number of hydrogen-bond donors (Lipinski definition) is 0. The first-order chi connectivity index (χ1) is 8.90. The highest BCUT2D eigenvalue weighted by molar-refractivity contribution is 9.11. The summed E-state index contributed by atoms with van der Waals surface area (Å²) < 4.78 is 15.4. The summed E-state index contributed by atoms with van der Waals surface area (Å²) in [7, 11) is 0. The van der Waals surface area contributed by atoms with Crippen LogP contribution in [0.4, 0.5) is 4.39 Å². The van der Waals surface area contributed by atoms with Crippen molar-refractivity contribution in [2.24, 2.45) is 0 Å². The summed E-state index contributed by atoms with van der Waals surface area (Å²) in [5, 5.41) is 0. The largest absolute Gasteiger partial charge is 0.207 e. The second-order valence-electron chi connectivity index (χ2n) is 4.49. The van der Waals surface area contributed by atoms with Crippen LogP contribution < -0.4 is 0 Å². The molecule has 0 spiro atoms. The smallest absolute Gasteiger partial charge is 0.126 e. The summed E-state index contributed by atoms with van der Waals surface area (Å²) in [6.45, 7) is 3.82. The third kappa shape index (κ3) is 3.29. The van der Waals surface area contributed by atoms with E-state index in [1.165, 1.54) is 11.6 Å². The molecule has 19 heavy (non-hydrogen) atoms. The highest BCUT2D eigenvalue weighted by Gasteiger charge is 2.16. The summed E-state index contributed by atoms with van der Waals surface area (Å²) in [5.41, 5.74) is 3.98. The van der Waals surface area contributed by atoms with Crippen LogP contribution in [0.15, 0.2) is 39.3 Å². The van der Waals surface area contributed by atoms with Gasteiger partial charge in [0.25, 0.3) is 0 Å². The molecule has 0 aromatic heterocycles. The summed E-state index contributed by atoms with van der Waals surface area (Å²) in [4.78, 5) is 0.0260. The summed E-state index contributed by atoms with van der Waals surface area (Å²) in [6.07, 6.45) is 0. The quantitative estimate of drug-likeness (QED) is 0.461. The van der Waals surface area contributed by atoms with E-state index < -0.39 is 0 Å². The van der Waals surface area contributed by atoms with E-state index in [9.17, 15) is 4.39 Å². The Kier molecular flexibility index (Phi) is 4.85. The van der Waals surface area contributed by atoms with Gasteiger partial charge in [-0.25, -0.2) is 4.39 Å². The minimum Gasteiger partial charge on any atom is -0.207 e. The highest BCUT2D eigenvalue weighted by Crippen LogP contribution is 2.38. The van der Waals surface area contributed by atoms with Crippen LogP contribution in [0.2, 0.25) is 0 Å². The lowest BCUT2D eigenvalue weighted by molar-refractivity contribution is 0.617. The average Bonchev–Trinajstić information content (AvgIpc) is 2.36. The molecule has 0 aliphatic heterocycles. The molecule has 2 aromatic carbocycles. The van der Waals surface area contributed by atoms with E-state index >= 15 is 0 Å². The van der Waals surface area contributed by atoms with Crippen molar-refractivity contribution in [2.75, 3.05) is 0 Å². The van der Waals surface area contributed by atoms with Gasteiger partial charge in [0.2, 0.25) is 0 Å². The average molecular weight is 451 g/mol. The predicted octanol–water partition coefficient (Wildman–Crippen LogP) is 6.45. The van der Waals surface area contributed by atoms with Gasteiger partial charge >= 0.3 is 0 Å². The standard InChI is InChI=1S/C15H12Br3F/c1-8-6-13(17)11(7-12(8)16)15(18)10-3-4-14(19)9(2)5-10/h3-7,15H,1-2H3. The molecule has 0 nitrogen and oxygen atoms in total. The zero-order valence-electron chi connectivity index (χ0n) is 10.5. The molecule has 2 aromatic rings. The van der Waals surface area contributed by atoms with Crippen LogP contribution in [0.3, 0.4) is 0 Å². The molecule has 0 aliphatic rings. The molecule has 4 heteroatoms. The lowest BCUT2D eigenvalue weighted by Crippen LogP contribution is -1.97. The SMILES string of the molecule is Cc1cc(C(Br)c2cc(Br)c(C)cc2Br)ccc1F. The number of halogens is 4. The predicted molar refractivity (Wildman–Crippen MR) is 88.5 cm³/mol. The lowest BCUT2D eigenvalue weighted by Gasteiger charge is -2.15. The van der Waals surface area contributed by atoms with Gasteiger partial charge < -0.3 is 0 Å². The Bertz CT molecular complexity index is 623. The topological polar surface area (TPSA) is 0 Å². The molecule has 0 radical (unpaired) electrons. The van der Waals surface area contributed by atoms with E-state index in [-0.39, 0.29) is 10.6 Å². The van der Waals surface area contributed by atoms with E-state index in [4.69, 9.17) is 0 Å². The fraction of sp³-hybridized carbons (Fsp3) is 0.200. The van der Waals surface area contributed by atoms with Crippen LogP contribution in [0.25, 0.3) is 0 Å². The van der Waals surface area contributed by atoms with Gasteiger partial charge in [0, 0.05) is 8.95 Å². The third-order valence-electron chi connectivity index (χ3n) is 3.03. The van der Waals surface area contributed by atoms with Gasteiger partial charge in [-0.05, 0) is 54.3 Å². The Morgan fingerprint density at radius 3 is 2.26 bits per heavy atom. The van der Waals surface area contributed by atoms with Gasteiger partial charge in [0.15, 0.2) is 0 Å². The Hall–Kier alpha value is -0.190. The Labute approximate surface area is 137 Å². The molecule has 0 N–H and O–H groups in total. The molecule has 0 bridgehead atoms. The minimum atomic E-state index is -0.174. The van der Waals surface area contributed by atoms with Gasteiger partial charge in [-0.1, -0.05) is 59.9 Å². The number of benzene rings is 2. The Balaban J connectivity index is 2.46. The van der Waals surface area contributed by atoms with Crippen LogP contribution in [-0.4, -0.2) is 0 Å². The van der Waals surface area contributed by atoms with Crippen molar-refractivity contribution in [3.05, 3.63) is 67.3 Å². The molecule has 0 fully saturated rings. The van der Waals surface area contributed by atoms with E-state index in [1.54, 1.807) is 6.92 Å². The fourth-order valence-electron chi connectivity index (χ4n) is 1.86. The van der Waals surface area contributed by atoms with Crippen molar-refractivity contribution in [3.63, 3.8) is 0 Å². The first-order valence-electron chi connectivity index (χ1n) is 5.76. The number of rotatable bonds is 2. The Morgan fingerprint density at radius 1 is 0.947 bits per heavy atom. The van der Waals surface area contributed by atoms with Gasteiger partial charge in [0.05, 0.1) is 4.83 Å². The Morgan fingerprint density at radius 2 is 1.63 bits per heavy atom. The fourth-order valence-corrected chi connectivity index (χ4v) is 3.88. The molecule has 100 valence electrons. The van der Waals surface area contributed by atoms with Crippen LogP contribution >= 0.6 is 47.8 Å². The molecule has 0 heterocycles. The molecule has 2 rings (SSSR count). The second-order valence-corrected chi connectivity index (χ2v) is 7.12. The van der Waals surface area contributed by atoms with Crippen LogP contribution in [0.1, 0.15) is 27.1 Å². The van der Waals surface area contributed by atoms with Gasteiger partial charge in [-0.2, -0.15) is 0 Å². The van der Waals surface area contributed by atoms with Crippen molar-refractivity contribution >= 4 is 47.8 Å². The van der Waals surface area contributed by atoms with Crippen molar-refractivity contribution < 1.29 is 4.39 Å². The van der Waals surface area contributed by atoms with Crippen molar-refractivity contribution in [3.8, 4) is 0 Å². The van der Waals surface area contributed by atoms with Crippen molar-refractivity contribution in [1.82, 2.24) is 0 Å². The van der Waals surface area contributed by atoms with Gasteiger partial charge in [0.1, 0.15) is 5.82 Å². The molecule has 0 amide bonds. The zero-order chi connectivity index (χ0) is 14.2. The number of hydrogen-bond acceptors (Lipinski definition) is 0. The van der Waals surface area contributed by atoms with Gasteiger partial charge in [-0.15, -0.1) is 0 Å². The number of aryl methyl sites for hydroxylation is 2. The molecule has 0 saturated heterocycles. The van der Waals surface area contributed by atoms with Crippen molar-refractivity contribution in [2.45, 2.75) is 18.7 Å². The summed E-state index contributed by atoms with van der Waals surface area (Å²) in [6, 6.07) is 9.34. The molecule has 1 unspecified atom stereocenters. The second kappa shape index (κ2) is 6.06. The lowest BCUT2D eigenvalue weighted by atomic mass is 10.0. The number of alkyl halides is 1. The van der Waals surface area contributed by atoms with Gasteiger partial charge in [-0.3, -0.25) is 0 Å². The van der Waals surface area contributed by atoms with E-state index in [0.29, 0.717) is 5.56 Å². The van der Waals surface area contributed by atoms with E-state index in [2.05, 4.69) is 59.9 Å². The highest BCUT2D eigenvalue weighted by atomic mass is 79.9. The third-order valence-corrected chi connectivity index (χ3v) is 5.59. The molecular formula is C15H12Br3F. The minimum absolute atomic E-state index is 0.0260. The van der Waals surface area contributed by atoms with E-state index in [0.717, 1.165) is 20.1 Å². The maximum atomic E-state index is 13.3. The molecule has 1 atom stereocenters. The van der Waals surface area contributed by atoms with Crippen LogP contribution in [0, 0.1) is 19.7 Å². The summed E-state index contributed by atoms with van der Waals surface area (Å²) in [5.74, 6) is -0.174. The van der Waals surface area contributed by atoms with Crippen molar-refractivity contribution in [1.29, 1.82) is 0 Å². The monoisotopic (exact) mass is 448 g/mol. The first-order valence-corrected chi connectivity index (χ1v) is 8.26. The van der Waals surface area contributed by atoms with E-state index in [1.807, 2.05) is 19.1 Å². The van der Waals surface area contributed by atoms with Crippen LogP contribution in [0.5, 0.6) is 0 Å². The summed E-state index contributed by atoms with van der Waals surface area (Å²) >= 11 is 10.8. The zero-order valence-corrected chi connectivity index (χ0v) is 15.2. The molecule has 0 aliphatic carbocycles. The molecular weight excluding hydrogens is 439 g/mol.